The van der Waals surface area contributed by atoms with E-state index in [-0.39, 0.29) is 17.4 Å². The molecule has 0 N–H and O–H groups in total. The number of halogens is 2. The van der Waals surface area contributed by atoms with Crippen LogP contribution in [0.15, 0.2) is 18.3 Å². The van der Waals surface area contributed by atoms with Crippen LogP contribution in [0.5, 0.6) is 5.75 Å². The van der Waals surface area contributed by atoms with E-state index < -0.39 is 13.0 Å². The summed E-state index contributed by atoms with van der Waals surface area (Å²) in [6.07, 6.45) is -1.14. The molecule has 0 radical (unpaired) electrons. The van der Waals surface area contributed by atoms with E-state index in [0.29, 0.717) is 23.6 Å². The van der Waals surface area contributed by atoms with Crippen molar-refractivity contribution in [2.75, 3.05) is 19.7 Å². The highest BCUT2D eigenvalue weighted by molar-refractivity contribution is 8.00. The number of nitrogens with zero attached hydrogens (tertiary/aromatic N) is 2. The minimum absolute atomic E-state index is 0.184. The van der Waals surface area contributed by atoms with Crippen LogP contribution in [0.25, 0.3) is 0 Å². The fourth-order valence-corrected chi connectivity index (χ4v) is 3.61. The maximum atomic E-state index is 12.4. The van der Waals surface area contributed by atoms with Crippen LogP contribution < -0.4 is 4.74 Å². The molecule has 1 aromatic heterocycles. The molecule has 1 fully saturated rings. The molecule has 2 rings (SSSR count). The number of alkyl halides is 2. The molecule has 0 saturated carbocycles. The number of carbonyl (C=O) groups excluding carboxylic acids is 1. The van der Waals surface area contributed by atoms with Crippen molar-refractivity contribution in [1.29, 1.82) is 0 Å². The number of amides is 1. The summed E-state index contributed by atoms with van der Waals surface area (Å²) in [6, 6.07) is 2.89. The Hall–Kier alpha value is -1.37. The molecule has 7 heteroatoms. The summed E-state index contributed by atoms with van der Waals surface area (Å²) >= 11 is 1.85. The molecule has 0 aromatic carbocycles. The van der Waals surface area contributed by atoms with Gasteiger partial charge in [0.05, 0.1) is 0 Å². The van der Waals surface area contributed by atoms with Crippen LogP contribution in [-0.2, 0) is 0 Å². The Kier molecular flexibility index (Phi) is 5.39. The second kappa shape index (κ2) is 7.06. The molecule has 0 aliphatic carbocycles. The van der Waals surface area contributed by atoms with Gasteiger partial charge in [0.2, 0.25) is 0 Å². The molecule has 2 atom stereocenters. The van der Waals surface area contributed by atoms with Gasteiger partial charge in [-0.15, -0.1) is 0 Å². The number of hydrogen-bond acceptors (Lipinski definition) is 4. The number of pyridine rings is 1. The summed E-state index contributed by atoms with van der Waals surface area (Å²) < 4.78 is 29.2. The van der Waals surface area contributed by atoms with Gasteiger partial charge >= 0.3 is 0 Å². The van der Waals surface area contributed by atoms with Crippen LogP contribution in [0.4, 0.5) is 8.78 Å². The average molecular weight is 316 g/mol. The zero-order valence-electron chi connectivity index (χ0n) is 12.0. The topological polar surface area (TPSA) is 42.4 Å². The molecule has 1 aliphatic rings. The lowest BCUT2D eigenvalue weighted by molar-refractivity contribution is 0.0744. The zero-order valence-corrected chi connectivity index (χ0v) is 12.8. The van der Waals surface area contributed by atoms with Gasteiger partial charge < -0.3 is 9.64 Å². The molecule has 1 amide bonds. The number of carbonyl (C=O) groups is 1. The van der Waals surface area contributed by atoms with Crippen molar-refractivity contribution in [2.24, 2.45) is 0 Å². The summed E-state index contributed by atoms with van der Waals surface area (Å²) in [5, 5.41) is 0.743. The summed E-state index contributed by atoms with van der Waals surface area (Å²) in [5.74, 6) is 0.0534. The highest BCUT2D eigenvalue weighted by Crippen LogP contribution is 2.25. The smallest absolute Gasteiger partial charge is 0.272 e. The van der Waals surface area contributed by atoms with E-state index in [9.17, 15) is 13.6 Å². The predicted octanol–water partition coefficient (Wildman–Crippen LogP) is 2.69. The van der Waals surface area contributed by atoms with Crippen LogP contribution in [0.3, 0.4) is 0 Å². The molecule has 0 spiro atoms. The van der Waals surface area contributed by atoms with Gasteiger partial charge in [0, 0.05) is 35.9 Å². The van der Waals surface area contributed by atoms with Gasteiger partial charge in [-0.25, -0.2) is 8.78 Å². The third kappa shape index (κ3) is 4.56. The van der Waals surface area contributed by atoms with Crippen LogP contribution in [-0.4, -0.2) is 52.4 Å². The predicted molar refractivity (Wildman–Crippen MR) is 78.2 cm³/mol. The van der Waals surface area contributed by atoms with Crippen molar-refractivity contribution in [3.63, 3.8) is 0 Å². The fourth-order valence-electron chi connectivity index (χ4n) is 2.28. The average Bonchev–Trinajstić information content (AvgIpc) is 2.43. The van der Waals surface area contributed by atoms with Crippen molar-refractivity contribution in [3.05, 3.63) is 24.0 Å². The number of rotatable bonds is 4. The van der Waals surface area contributed by atoms with E-state index in [1.807, 2.05) is 11.8 Å². The first-order valence-electron chi connectivity index (χ1n) is 6.77. The molecule has 0 bridgehead atoms. The normalized spacial score (nSPS) is 22.4. The minimum Gasteiger partial charge on any atom is -0.488 e. The van der Waals surface area contributed by atoms with E-state index in [4.69, 9.17) is 4.74 Å². The van der Waals surface area contributed by atoms with Crippen molar-refractivity contribution < 1.29 is 18.3 Å². The lowest BCUT2D eigenvalue weighted by Gasteiger charge is -2.34. The summed E-state index contributed by atoms with van der Waals surface area (Å²) in [7, 11) is 0. The zero-order chi connectivity index (χ0) is 15.4. The Labute approximate surface area is 126 Å². The quantitative estimate of drug-likeness (QED) is 0.856. The van der Waals surface area contributed by atoms with E-state index in [1.54, 1.807) is 4.90 Å². The SMILES string of the molecule is C[C@H]1CN(C(=O)c2cc(OCC(F)F)ccn2)C[C@H](C)S1. The van der Waals surface area contributed by atoms with E-state index in [0.717, 1.165) is 0 Å². The van der Waals surface area contributed by atoms with Gasteiger partial charge in [0.1, 0.15) is 18.1 Å². The maximum Gasteiger partial charge on any atom is 0.272 e. The fraction of sp³-hybridized carbons (Fsp3) is 0.571. The van der Waals surface area contributed by atoms with Crippen LogP contribution in [0.2, 0.25) is 0 Å². The van der Waals surface area contributed by atoms with Crippen molar-refractivity contribution >= 4 is 17.7 Å². The molecular weight excluding hydrogens is 298 g/mol. The van der Waals surface area contributed by atoms with E-state index in [2.05, 4.69) is 18.8 Å². The molecule has 21 heavy (non-hydrogen) atoms. The lowest BCUT2D eigenvalue weighted by Crippen LogP contribution is -2.44. The highest BCUT2D eigenvalue weighted by Gasteiger charge is 2.27. The van der Waals surface area contributed by atoms with Crippen LogP contribution >= 0.6 is 11.8 Å². The number of hydrogen-bond donors (Lipinski definition) is 0. The molecule has 1 aliphatic heterocycles. The molecule has 2 heterocycles. The second-order valence-electron chi connectivity index (χ2n) is 5.05. The molecule has 1 aromatic rings. The van der Waals surface area contributed by atoms with Gasteiger partial charge in [-0.3, -0.25) is 9.78 Å². The second-order valence-corrected chi connectivity index (χ2v) is 6.93. The van der Waals surface area contributed by atoms with E-state index in [1.165, 1.54) is 18.3 Å². The third-order valence-electron chi connectivity index (χ3n) is 3.03. The Bertz CT molecular complexity index is 492. The summed E-state index contributed by atoms with van der Waals surface area (Å²) in [5.41, 5.74) is 0.230. The van der Waals surface area contributed by atoms with Gasteiger partial charge in [0.15, 0.2) is 0 Å². The van der Waals surface area contributed by atoms with Gasteiger partial charge in [-0.1, -0.05) is 13.8 Å². The van der Waals surface area contributed by atoms with Gasteiger partial charge in [-0.2, -0.15) is 11.8 Å². The Morgan fingerprint density at radius 3 is 2.76 bits per heavy atom. The highest BCUT2D eigenvalue weighted by atomic mass is 32.2. The van der Waals surface area contributed by atoms with Crippen molar-refractivity contribution in [3.8, 4) is 5.75 Å². The molecule has 4 nitrogen and oxygen atoms in total. The van der Waals surface area contributed by atoms with E-state index >= 15 is 0 Å². The standard InChI is InChI=1S/C14H18F2N2O2S/c1-9-6-18(7-10(2)21-9)14(19)12-5-11(3-4-17-12)20-8-13(15)16/h3-5,9-10,13H,6-8H2,1-2H3/t9-,10-/m0/s1. The Morgan fingerprint density at radius 2 is 2.14 bits per heavy atom. The first-order chi connectivity index (χ1) is 9.95. The third-order valence-corrected chi connectivity index (χ3v) is 4.26. The molecule has 1 saturated heterocycles. The van der Waals surface area contributed by atoms with Gasteiger partial charge in [-0.05, 0) is 6.07 Å². The van der Waals surface area contributed by atoms with Crippen molar-refractivity contribution in [2.45, 2.75) is 30.8 Å². The monoisotopic (exact) mass is 316 g/mol. The number of aromatic nitrogens is 1. The first kappa shape index (κ1) is 16.0. The lowest BCUT2D eigenvalue weighted by atomic mass is 10.2. The van der Waals surface area contributed by atoms with Gasteiger partial charge in [0.25, 0.3) is 12.3 Å². The summed E-state index contributed by atoms with van der Waals surface area (Å²) in [6.45, 7) is 4.80. The van der Waals surface area contributed by atoms with Crippen LogP contribution in [0.1, 0.15) is 24.3 Å². The Balaban J connectivity index is 2.06. The molecular formula is C14H18F2N2O2S. The Morgan fingerprint density at radius 1 is 1.48 bits per heavy atom. The van der Waals surface area contributed by atoms with Crippen LogP contribution in [0, 0.1) is 0 Å². The summed E-state index contributed by atoms with van der Waals surface area (Å²) in [4.78, 5) is 18.2. The number of thioether (sulfide) groups is 1. The minimum atomic E-state index is -2.54. The number of ether oxygens (including phenoxy) is 1. The maximum absolute atomic E-state index is 12.4. The first-order valence-corrected chi connectivity index (χ1v) is 7.71. The largest absolute Gasteiger partial charge is 0.488 e. The molecule has 0 unspecified atom stereocenters. The molecule has 116 valence electrons. The van der Waals surface area contributed by atoms with Crippen molar-refractivity contribution in [1.82, 2.24) is 9.88 Å².